The third-order valence-corrected chi connectivity index (χ3v) is 4.16. The number of hydrogen-bond donors (Lipinski definition) is 1. The van der Waals surface area contributed by atoms with Gasteiger partial charge < -0.3 is 5.73 Å². The van der Waals surface area contributed by atoms with Crippen molar-refractivity contribution in [2.45, 2.75) is 18.4 Å². The Kier molecular flexibility index (Phi) is 3.53. The van der Waals surface area contributed by atoms with Gasteiger partial charge in [-0.1, -0.05) is 24.6 Å². The minimum Gasteiger partial charge on any atom is -0.326 e. The molecule has 2 N–H and O–H groups in total. The molecule has 0 atom stereocenters. The van der Waals surface area contributed by atoms with Crippen molar-refractivity contribution in [3.05, 3.63) is 28.8 Å². The van der Waals surface area contributed by atoms with Gasteiger partial charge in [-0.2, -0.15) is 0 Å². The van der Waals surface area contributed by atoms with E-state index in [4.69, 9.17) is 17.3 Å². The summed E-state index contributed by atoms with van der Waals surface area (Å²) in [4.78, 5) is 0.245. The molecule has 14 heavy (non-hydrogen) atoms. The van der Waals surface area contributed by atoms with Crippen molar-refractivity contribution in [2.24, 2.45) is 5.73 Å². The van der Waals surface area contributed by atoms with Crippen LogP contribution in [0.2, 0.25) is 5.02 Å². The normalized spacial score (nSPS) is 11.6. The Bertz CT molecular complexity index is 428. The summed E-state index contributed by atoms with van der Waals surface area (Å²) in [6.07, 6.45) is 0. The predicted molar refractivity (Wildman–Crippen MR) is 57.1 cm³/mol. The molecule has 0 aliphatic heterocycles. The zero-order chi connectivity index (χ0) is 10.8. The van der Waals surface area contributed by atoms with Gasteiger partial charge in [0.2, 0.25) is 0 Å². The minimum atomic E-state index is -3.23. The van der Waals surface area contributed by atoms with Crippen LogP contribution in [0.3, 0.4) is 0 Å². The summed E-state index contributed by atoms with van der Waals surface area (Å²) < 4.78 is 23.2. The number of benzene rings is 1. The molecule has 0 spiro atoms. The van der Waals surface area contributed by atoms with E-state index in [1.165, 1.54) is 6.07 Å². The number of nitrogens with two attached hydrogens (primary N) is 1. The monoisotopic (exact) mass is 233 g/mol. The lowest BCUT2D eigenvalue weighted by atomic mass is 10.2. The molecule has 0 fully saturated rings. The van der Waals surface area contributed by atoms with Crippen LogP contribution in [0.5, 0.6) is 0 Å². The highest BCUT2D eigenvalue weighted by atomic mass is 35.5. The second-order valence-electron chi connectivity index (χ2n) is 2.82. The maximum atomic E-state index is 11.6. The lowest BCUT2D eigenvalue weighted by molar-refractivity contribution is 0.596. The Hall–Kier alpha value is -0.580. The highest BCUT2D eigenvalue weighted by Gasteiger charge is 2.17. The van der Waals surface area contributed by atoms with E-state index in [0.29, 0.717) is 10.6 Å². The van der Waals surface area contributed by atoms with E-state index < -0.39 is 9.84 Å². The van der Waals surface area contributed by atoms with E-state index in [1.54, 1.807) is 19.1 Å². The molecule has 0 aliphatic rings. The molecular weight excluding hydrogens is 222 g/mol. The van der Waals surface area contributed by atoms with Gasteiger partial charge in [0, 0.05) is 17.1 Å². The van der Waals surface area contributed by atoms with Crippen LogP contribution in [0.15, 0.2) is 23.1 Å². The lowest BCUT2D eigenvalue weighted by Gasteiger charge is -2.08. The number of rotatable bonds is 3. The molecule has 0 saturated carbocycles. The van der Waals surface area contributed by atoms with Crippen LogP contribution in [0.1, 0.15) is 12.5 Å². The third-order valence-electron chi connectivity index (χ3n) is 2.00. The maximum absolute atomic E-state index is 11.6. The summed E-state index contributed by atoms with van der Waals surface area (Å²) in [7, 11) is -3.23. The highest BCUT2D eigenvalue weighted by Crippen LogP contribution is 2.24. The first-order chi connectivity index (χ1) is 6.53. The summed E-state index contributed by atoms with van der Waals surface area (Å²) in [6.45, 7) is 1.73. The van der Waals surface area contributed by atoms with Gasteiger partial charge in [0.05, 0.1) is 10.6 Å². The molecule has 1 rings (SSSR count). The summed E-state index contributed by atoms with van der Waals surface area (Å²) in [5, 5.41) is 0.405. The molecule has 0 radical (unpaired) electrons. The van der Waals surface area contributed by atoms with Gasteiger partial charge in [-0.05, 0) is 12.1 Å². The van der Waals surface area contributed by atoms with Crippen LogP contribution in [0.4, 0.5) is 0 Å². The van der Waals surface area contributed by atoms with E-state index >= 15 is 0 Å². The largest absolute Gasteiger partial charge is 0.326 e. The molecule has 78 valence electrons. The topological polar surface area (TPSA) is 60.2 Å². The van der Waals surface area contributed by atoms with Crippen LogP contribution in [0, 0.1) is 0 Å². The van der Waals surface area contributed by atoms with Crippen molar-refractivity contribution in [1.29, 1.82) is 0 Å². The zero-order valence-corrected chi connectivity index (χ0v) is 9.40. The first-order valence-corrected chi connectivity index (χ1v) is 6.26. The fourth-order valence-electron chi connectivity index (χ4n) is 1.18. The molecule has 0 aromatic heterocycles. The van der Waals surface area contributed by atoms with Crippen molar-refractivity contribution in [2.75, 3.05) is 5.75 Å². The molecule has 0 amide bonds. The van der Waals surface area contributed by atoms with Crippen LogP contribution >= 0.6 is 11.6 Å². The number of hydrogen-bond acceptors (Lipinski definition) is 3. The molecule has 0 unspecified atom stereocenters. The first kappa shape index (κ1) is 11.5. The van der Waals surface area contributed by atoms with Crippen LogP contribution in [-0.4, -0.2) is 14.2 Å². The molecule has 0 bridgehead atoms. The standard InChI is InChI=1S/C9H12ClNO2S/c1-2-14(12,13)9-5-3-4-8(10)7(9)6-11/h3-5H,2,6,11H2,1H3. The van der Waals surface area contributed by atoms with E-state index in [1.807, 2.05) is 0 Å². The third kappa shape index (κ3) is 2.08. The Balaban J connectivity index is 3.42. The lowest BCUT2D eigenvalue weighted by Crippen LogP contribution is -2.10. The van der Waals surface area contributed by atoms with Crippen molar-refractivity contribution < 1.29 is 8.42 Å². The van der Waals surface area contributed by atoms with Gasteiger partial charge in [0.25, 0.3) is 0 Å². The molecule has 3 nitrogen and oxygen atoms in total. The molecule has 0 aliphatic carbocycles. The minimum absolute atomic E-state index is 0.0559. The van der Waals surface area contributed by atoms with Crippen LogP contribution in [-0.2, 0) is 16.4 Å². The van der Waals surface area contributed by atoms with Gasteiger partial charge in [-0.15, -0.1) is 0 Å². The zero-order valence-electron chi connectivity index (χ0n) is 7.83. The van der Waals surface area contributed by atoms with E-state index in [-0.39, 0.29) is 17.2 Å². The Morgan fingerprint density at radius 3 is 2.57 bits per heavy atom. The van der Waals surface area contributed by atoms with Crippen LogP contribution < -0.4 is 5.73 Å². The Morgan fingerprint density at radius 2 is 2.07 bits per heavy atom. The molecular formula is C9H12ClNO2S. The first-order valence-electron chi connectivity index (χ1n) is 4.23. The average molecular weight is 234 g/mol. The van der Waals surface area contributed by atoms with Crippen molar-refractivity contribution in [3.63, 3.8) is 0 Å². The molecule has 0 heterocycles. The second-order valence-corrected chi connectivity index (χ2v) is 5.48. The summed E-state index contributed by atoms with van der Waals surface area (Å²) >= 11 is 5.85. The fraction of sp³-hybridized carbons (Fsp3) is 0.333. The van der Waals surface area contributed by atoms with Gasteiger partial charge in [-0.3, -0.25) is 0 Å². The number of halogens is 1. The van der Waals surface area contributed by atoms with Crippen molar-refractivity contribution in [3.8, 4) is 0 Å². The predicted octanol–water partition coefficient (Wildman–Crippen LogP) is 1.59. The SMILES string of the molecule is CCS(=O)(=O)c1cccc(Cl)c1CN. The van der Waals surface area contributed by atoms with E-state index in [0.717, 1.165) is 0 Å². The van der Waals surface area contributed by atoms with E-state index in [2.05, 4.69) is 0 Å². The van der Waals surface area contributed by atoms with Gasteiger partial charge in [-0.25, -0.2) is 8.42 Å². The summed E-state index contributed by atoms with van der Waals surface area (Å²) in [5.41, 5.74) is 5.95. The Morgan fingerprint density at radius 1 is 1.43 bits per heavy atom. The quantitative estimate of drug-likeness (QED) is 0.863. The molecule has 5 heteroatoms. The molecule has 1 aromatic carbocycles. The van der Waals surface area contributed by atoms with Gasteiger partial charge in [0.15, 0.2) is 9.84 Å². The van der Waals surface area contributed by atoms with Crippen molar-refractivity contribution >= 4 is 21.4 Å². The fourth-order valence-corrected chi connectivity index (χ4v) is 2.66. The van der Waals surface area contributed by atoms with Gasteiger partial charge in [0.1, 0.15) is 0 Å². The van der Waals surface area contributed by atoms with Gasteiger partial charge >= 0.3 is 0 Å². The summed E-state index contributed by atoms with van der Waals surface area (Å²) in [5.74, 6) is 0.0559. The number of sulfone groups is 1. The van der Waals surface area contributed by atoms with Crippen LogP contribution in [0.25, 0.3) is 0 Å². The highest BCUT2D eigenvalue weighted by molar-refractivity contribution is 7.91. The second kappa shape index (κ2) is 4.29. The smallest absolute Gasteiger partial charge is 0.178 e. The Labute approximate surface area is 88.8 Å². The molecule has 0 saturated heterocycles. The maximum Gasteiger partial charge on any atom is 0.178 e. The van der Waals surface area contributed by atoms with E-state index in [9.17, 15) is 8.42 Å². The van der Waals surface area contributed by atoms with Crippen molar-refractivity contribution in [1.82, 2.24) is 0 Å². The molecule has 1 aromatic rings. The average Bonchev–Trinajstić information content (AvgIpc) is 2.17. The summed E-state index contributed by atoms with van der Waals surface area (Å²) in [6, 6.07) is 4.79.